The second-order valence-electron chi connectivity index (χ2n) is 7.53. The fourth-order valence-corrected chi connectivity index (χ4v) is 3.69. The number of methoxy groups -OCH3 is 1. The topological polar surface area (TPSA) is 67.4 Å². The van der Waals surface area contributed by atoms with Crippen molar-refractivity contribution in [1.29, 1.82) is 0 Å². The van der Waals surface area contributed by atoms with E-state index in [0.717, 1.165) is 23.4 Å². The molecule has 2 amide bonds. The molecule has 1 unspecified atom stereocenters. The highest BCUT2D eigenvalue weighted by atomic mass is 16.5. The molecule has 0 bridgehead atoms. The predicted molar refractivity (Wildman–Crippen MR) is 123 cm³/mol. The van der Waals surface area contributed by atoms with E-state index in [9.17, 15) is 9.59 Å². The zero-order chi connectivity index (χ0) is 21.8. The van der Waals surface area contributed by atoms with Crippen LogP contribution in [-0.4, -0.2) is 25.0 Å². The number of nitrogens with one attached hydrogen (secondary N) is 2. The Morgan fingerprint density at radius 3 is 2.48 bits per heavy atom. The Kier molecular flexibility index (Phi) is 5.85. The summed E-state index contributed by atoms with van der Waals surface area (Å²) in [4.78, 5) is 24.7. The Morgan fingerprint density at radius 2 is 1.71 bits per heavy atom. The van der Waals surface area contributed by atoms with Gasteiger partial charge in [0.1, 0.15) is 11.8 Å². The molecule has 5 nitrogen and oxygen atoms in total. The number of carbonyl (C=O) groups is 2. The fraction of sp³-hybridized carbons (Fsp3) is 0.154. The smallest absolute Gasteiger partial charge is 0.246 e. The summed E-state index contributed by atoms with van der Waals surface area (Å²) in [5, 5.41) is 5.60. The predicted octanol–water partition coefficient (Wildman–Crippen LogP) is 4.42. The molecular weight excluding hydrogens is 388 g/mol. The molecule has 4 rings (SSSR count). The monoisotopic (exact) mass is 412 g/mol. The van der Waals surface area contributed by atoms with E-state index < -0.39 is 6.04 Å². The quantitative estimate of drug-likeness (QED) is 0.461. The summed E-state index contributed by atoms with van der Waals surface area (Å²) in [5.41, 5.74) is 6.54. The number of carbonyl (C=O) groups excluding carboxylic acids is 2. The van der Waals surface area contributed by atoms with Crippen molar-refractivity contribution in [2.45, 2.75) is 19.4 Å². The van der Waals surface area contributed by atoms with Crippen molar-refractivity contribution in [3.8, 4) is 16.9 Å². The number of rotatable bonds is 6. The fourth-order valence-electron chi connectivity index (χ4n) is 3.69. The third kappa shape index (κ3) is 4.67. The van der Waals surface area contributed by atoms with Crippen LogP contribution >= 0.6 is 0 Å². The first-order valence-corrected chi connectivity index (χ1v) is 10.2. The summed E-state index contributed by atoms with van der Waals surface area (Å²) in [7, 11) is 1.60. The van der Waals surface area contributed by atoms with Gasteiger partial charge in [-0.1, -0.05) is 42.5 Å². The van der Waals surface area contributed by atoms with Gasteiger partial charge in [0, 0.05) is 11.8 Å². The van der Waals surface area contributed by atoms with Crippen molar-refractivity contribution < 1.29 is 14.3 Å². The lowest BCUT2D eigenvalue weighted by molar-refractivity contribution is -0.123. The first kappa shape index (κ1) is 20.4. The van der Waals surface area contributed by atoms with Crippen molar-refractivity contribution in [3.05, 3.63) is 89.5 Å². The molecule has 0 fully saturated rings. The number of benzene rings is 3. The van der Waals surface area contributed by atoms with Gasteiger partial charge in [0.2, 0.25) is 11.8 Å². The maximum atomic E-state index is 12.5. The highest BCUT2D eigenvalue weighted by Gasteiger charge is 2.19. The summed E-state index contributed by atoms with van der Waals surface area (Å²) in [6.45, 7) is 1.66. The van der Waals surface area contributed by atoms with Crippen LogP contribution < -0.4 is 15.4 Å². The van der Waals surface area contributed by atoms with Crippen LogP contribution in [0.15, 0.2) is 72.8 Å². The van der Waals surface area contributed by atoms with E-state index in [2.05, 4.69) is 22.8 Å². The number of ether oxygens (including phenoxy) is 1. The molecule has 1 aliphatic carbocycles. The molecule has 0 aliphatic heterocycles. The van der Waals surface area contributed by atoms with Crippen LogP contribution in [0.1, 0.15) is 23.6 Å². The second kappa shape index (κ2) is 8.88. The lowest BCUT2D eigenvalue weighted by atomic mass is 10.1. The number of hydrogen-bond donors (Lipinski definition) is 2. The molecule has 2 N–H and O–H groups in total. The molecule has 1 aliphatic rings. The Balaban J connectivity index is 1.34. The Hall–Kier alpha value is -3.86. The van der Waals surface area contributed by atoms with E-state index in [-0.39, 0.29) is 11.8 Å². The van der Waals surface area contributed by atoms with Gasteiger partial charge in [-0.05, 0) is 71.5 Å². The van der Waals surface area contributed by atoms with Crippen LogP contribution in [0.25, 0.3) is 17.2 Å². The van der Waals surface area contributed by atoms with Gasteiger partial charge in [0.25, 0.3) is 0 Å². The van der Waals surface area contributed by atoms with Gasteiger partial charge in [0.05, 0.1) is 7.11 Å². The Morgan fingerprint density at radius 1 is 0.968 bits per heavy atom. The largest absolute Gasteiger partial charge is 0.497 e. The van der Waals surface area contributed by atoms with Crippen molar-refractivity contribution in [3.63, 3.8) is 0 Å². The number of fused-ring (bicyclic) bond motifs is 3. The number of amides is 2. The van der Waals surface area contributed by atoms with E-state index in [0.29, 0.717) is 0 Å². The van der Waals surface area contributed by atoms with Crippen LogP contribution in [0.5, 0.6) is 5.75 Å². The van der Waals surface area contributed by atoms with Gasteiger partial charge in [-0.2, -0.15) is 0 Å². The summed E-state index contributed by atoms with van der Waals surface area (Å²) in [5.74, 6) is 0.159. The Bertz CT molecular complexity index is 1150. The first-order valence-electron chi connectivity index (χ1n) is 10.2. The standard InChI is InChI=1S/C26H24N2O3/c1-17(27-25(29)14-9-18-7-11-22(31-2)12-8-18)26(30)28-21-10-13-24-20(16-21)15-19-5-3-4-6-23(19)24/h3-14,16-17H,15H2,1-2H3,(H,27,29)(H,28,30)/b14-9+. The minimum atomic E-state index is -0.668. The lowest BCUT2D eigenvalue weighted by Gasteiger charge is -2.14. The maximum absolute atomic E-state index is 12.5. The highest BCUT2D eigenvalue weighted by Crippen LogP contribution is 2.37. The first-order chi connectivity index (χ1) is 15.0. The lowest BCUT2D eigenvalue weighted by Crippen LogP contribution is -2.40. The van der Waals surface area contributed by atoms with E-state index in [1.165, 1.54) is 28.3 Å². The van der Waals surface area contributed by atoms with Crippen LogP contribution in [0, 0.1) is 0 Å². The summed E-state index contributed by atoms with van der Waals surface area (Å²) in [6.07, 6.45) is 3.97. The summed E-state index contributed by atoms with van der Waals surface area (Å²) in [6, 6.07) is 21.0. The van der Waals surface area contributed by atoms with E-state index in [1.807, 2.05) is 54.6 Å². The van der Waals surface area contributed by atoms with Crippen LogP contribution in [0.4, 0.5) is 5.69 Å². The third-order valence-corrected chi connectivity index (χ3v) is 5.36. The molecule has 0 aromatic heterocycles. The number of anilines is 1. The zero-order valence-electron chi connectivity index (χ0n) is 17.5. The molecule has 0 saturated heterocycles. The van der Waals surface area contributed by atoms with Crippen molar-refractivity contribution in [1.82, 2.24) is 5.32 Å². The van der Waals surface area contributed by atoms with Crippen molar-refractivity contribution >= 4 is 23.6 Å². The van der Waals surface area contributed by atoms with Crippen LogP contribution in [-0.2, 0) is 16.0 Å². The van der Waals surface area contributed by atoms with Crippen molar-refractivity contribution in [2.75, 3.05) is 12.4 Å². The molecule has 1 atom stereocenters. The minimum absolute atomic E-state index is 0.262. The van der Waals surface area contributed by atoms with Crippen LogP contribution in [0.2, 0.25) is 0 Å². The maximum Gasteiger partial charge on any atom is 0.246 e. The minimum Gasteiger partial charge on any atom is -0.497 e. The molecule has 0 spiro atoms. The van der Waals surface area contributed by atoms with Gasteiger partial charge < -0.3 is 15.4 Å². The summed E-state index contributed by atoms with van der Waals surface area (Å²) < 4.78 is 5.12. The highest BCUT2D eigenvalue weighted by molar-refractivity contribution is 6.00. The molecule has 5 heteroatoms. The molecule has 0 saturated carbocycles. The molecule has 3 aromatic carbocycles. The molecule has 156 valence electrons. The second-order valence-corrected chi connectivity index (χ2v) is 7.53. The van der Waals surface area contributed by atoms with Gasteiger partial charge in [-0.25, -0.2) is 0 Å². The molecular formula is C26H24N2O3. The van der Waals surface area contributed by atoms with Gasteiger partial charge in [-0.3, -0.25) is 9.59 Å². The van der Waals surface area contributed by atoms with E-state index in [4.69, 9.17) is 4.74 Å². The molecule has 3 aromatic rings. The average Bonchev–Trinajstić information content (AvgIpc) is 3.15. The normalized spacial score (nSPS) is 12.7. The third-order valence-electron chi connectivity index (χ3n) is 5.36. The molecule has 31 heavy (non-hydrogen) atoms. The van der Waals surface area contributed by atoms with Crippen LogP contribution in [0.3, 0.4) is 0 Å². The van der Waals surface area contributed by atoms with Gasteiger partial charge >= 0.3 is 0 Å². The Labute approximate surface area is 181 Å². The zero-order valence-corrected chi connectivity index (χ0v) is 17.5. The van der Waals surface area contributed by atoms with Crippen molar-refractivity contribution in [2.24, 2.45) is 0 Å². The van der Waals surface area contributed by atoms with Gasteiger partial charge in [0.15, 0.2) is 0 Å². The SMILES string of the molecule is COc1ccc(/C=C/C(=O)NC(C)C(=O)Nc2ccc3c(c2)Cc2ccccc2-3)cc1. The molecule has 0 radical (unpaired) electrons. The summed E-state index contributed by atoms with van der Waals surface area (Å²) >= 11 is 0. The van der Waals surface area contributed by atoms with E-state index in [1.54, 1.807) is 20.1 Å². The van der Waals surface area contributed by atoms with E-state index >= 15 is 0 Å². The molecule has 0 heterocycles. The average molecular weight is 412 g/mol. The van der Waals surface area contributed by atoms with Gasteiger partial charge in [-0.15, -0.1) is 0 Å². The number of hydrogen-bond acceptors (Lipinski definition) is 3.